The molecule has 0 spiro atoms. The van der Waals surface area contributed by atoms with E-state index in [0.29, 0.717) is 28.8 Å². The lowest BCUT2D eigenvalue weighted by molar-refractivity contribution is 0.0904. The predicted octanol–water partition coefficient (Wildman–Crippen LogP) is 3.65. The summed E-state index contributed by atoms with van der Waals surface area (Å²) in [7, 11) is 0. The summed E-state index contributed by atoms with van der Waals surface area (Å²) >= 11 is 0. The van der Waals surface area contributed by atoms with Crippen LogP contribution in [-0.2, 0) is 4.74 Å². The van der Waals surface area contributed by atoms with Crippen LogP contribution in [0.25, 0.3) is 11.4 Å². The van der Waals surface area contributed by atoms with Crippen LogP contribution in [0.2, 0.25) is 0 Å². The Balaban J connectivity index is 1.66. The van der Waals surface area contributed by atoms with E-state index < -0.39 is 0 Å². The molecule has 1 fully saturated rings. The molecule has 1 saturated heterocycles. The number of nitrogens with zero attached hydrogens (tertiary/aromatic N) is 3. The molecular formula is C19H21FN6O. The summed E-state index contributed by atoms with van der Waals surface area (Å²) in [6.45, 7) is 3.39. The third-order valence-corrected chi connectivity index (χ3v) is 4.34. The zero-order valence-electron chi connectivity index (χ0n) is 15.0. The second-order valence-electron chi connectivity index (χ2n) is 6.56. The molecule has 3 N–H and O–H groups in total. The summed E-state index contributed by atoms with van der Waals surface area (Å²) in [5, 5.41) is 13.7. The zero-order valence-corrected chi connectivity index (χ0v) is 15.0. The molecule has 7 nitrogen and oxygen atoms in total. The number of ether oxygens (including phenoxy) is 1. The molecule has 3 heterocycles. The maximum absolute atomic E-state index is 13.7. The molecule has 8 heteroatoms. The highest BCUT2D eigenvalue weighted by molar-refractivity contribution is 5.64. The average Bonchev–Trinajstić information content (AvgIpc) is 3.07. The van der Waals surface area contributed by atoms with E-state index in [1.54, 1.807) is 12.1 Å². The van der Waals surface area contributed by atoms with Gasteiger partial charge in [0.15, 0.2) is 11.6 Å². The monoisotopic (exact) mass is 368 g/mol. The van der Waals surface area contributed by atoms with Crippen LogP contribution in [-0.4, -0.2) is 39.4 Å². The average molecular weight is 368 g/mol. The lowest BCUT2D eigenvalue weighted by Crippen LogP contribution is -2.28. The summed E-state index contributed by atoms with van der Waals surface area (Å²) in [5.41, 5.74) is 1.56. The van der Waals surface area contributed by atoms with E-state index in [4.69, 9.17) is 4.74 Å². The minimum atomic E-state index is -0.323. The molecule has 3 aromatic rings. The van der Waals surface area contributed by atoms with Crippen LogP contribution in [0.5, 0.6) is 0 Å². The first-order valence-electron chi connectivity index (χ1n) is 8.94. The fourth-order valence-electron chi connectivity index (χ4n) is 3.01. The third-order valence-electron chi connectivity index (χ3n) is 4.34. The van der Waals surface area contributed by atoms with E-state index in [1.807, 2.05) is 19.1 Å². The van der Waals surface area contributed by atoms with E-state index in [-0.39, 0.29) is 11.9 Å². The molecular weight excluding hydrogens is 347 g/mol. The topological polar surface area (TPSA) is 87.8 Å². The number of aryl methyl sites for hydroxylation is 1. The Bertz CT molecular complexity index is 922. The molecule has 140 valence electrons. The lowest BCUT2D eigenvalue weighted by Gasteiger charge is -2.24. The summed E-state index contributed by atoms with van der Waals surface area (Å²) in [6.07, 6.45) is 1.83. The van der Waals surface area contributed by atoms with Gasteiger partial charge >= 0.3 is 0 Å². The summed E-state index contributed by atoms with van der Waals surface area (Å²) < 4.78 is 19.1. The standard InChI is InChI=1S/C19H21FN6O/c1-12-9-18(26-25-12)22-17-11-16(21-15-5-7-27-8-6-15)23-19(24-17)13-3-2-4-14(20)10-13/h2-4,9-11,15H,5-8H2,1H3,(H3,21,22,23,24,25,26). The Labute approximate surface area is 156 Å². The van der Waals surface area contributed by atoms with Crippen LogP contribution in [0.4, 0.5) is 21.8 Å². The Morgan fingerprint density at radius 1 is 1.07 bits per heavy atom. The number of benzene rings is 1. The first-order chi connectivity index (χ1) is 13.2. The van der Waals surface area contributed by atoms with Gasteiger partial charge in [-0.1, -0.05) is 12.1 Å². The van der Waals surface area contributed by atoms with Crippen LogP contribution >= 0.6 is 0 Å². The lowest BCUT2D eigenvalue weighted by atomic mass is 10.1. The van der Waals surface area contributed by atoms with Crippen LogP contribution in [0.15, 0.2) is 36.4 Å². The molecule has 0 amide bonds. The van der Waals surface area contributed by atoms with Crippen LogP contribution in [0, 0.1) is 12.7 Å². The molecule has 0 saturated carbocycles. The summed E-state index contributed by atoms with van der Waals surface area (Å²) in [6, 6.07) is 10.3. The zero-order chi connectivity index (χ0) is 18.6. The molecule has 4 rings (SSSR count). The number of aromatic nitrogens is 4. The van der Waals surface area contributed by atoms with Crippen molar-refractivity contribution >= 4 is 17.5 Å². The number of aromatic amines is 1. The molecule has 0 bridgehead atoms. The third kappa shape index (κ3) is 4.40. The van der Waals surface area contributed by atoms with Gasteiger partial charge < -0.3 is 15.4 Å². The van der Waals surface area contributed by atoms with Crippen molar-refractivity contribution < 1.29 is 9.13 Å². The van der Waals surface area contributed by atoms with Crippen molar-refractivity contribution in [1.29, 1.82) is 0 Å². The second-order valence-corrected chi connectivity index (χ2v) is 6.56. The van der Waals surface area contributed by atoms with Gasteiger partial charge in [0.25, 0.3) is 0 Å². The molecule has 2 aromatic heterocycles. The number of hydrogen-bond donors (Lipinski definition) is 3. The first-order valence-corrected chi connectivity index (χ1v) is 8.94. The number of nitrogens with one attached hydrogen (secondary N) is 3. The van der Waals surface area contributed by atoms with E-state index in [0.717, 1.165) is 31.7 Å². The first kappa shape index (κ1) is 17.4. The van der Waals surface area contributed by atoms with Gasteiger partial charge in [0.2, 0.25) is 0 Å². The van der Waals surface area contributed by atoms with Crippen molar-refractivity contribution in [2.75, 3.05) is 23.8 Å². The SMILES string of the molecule is Cc1cc(Nc2cc(NC3CCOCC3)nc(-c3cccc(F)c3)n2)n[nH]1. The van der Waals surface area contributed by atoms with E-state index >= 15 is 0 Å². The van der Waals surface area contributed by atoms with E-state index in [9.17, 15) is 4.39 Å². The van der Waals surface area contributed by atoms with E-state index in [1.165, 1.54) is 12.1 Å². The number of hydrogen-bond acceptors (Lipinski definition) is 6. The van der Waals surface area contributed by atoms with Crippen molar-refractivity contribution in [1.82, 2.24) is 20.2 Å². The smallest absolute Gasteiger partial charge is 0.163 e. The molecule has 0 aliphatic carbocycles. The normalized spacial score (nSPS) is 14.9. The molecule has 0 atom stereocenters. The van der Waals surface area contributed by atoms with Gasteiger partial charge in [-0.25, -0.2) is 14.4 Å². The van der Waals surface area contributed by atoms with Gasteiger partial charge in [0.1, 0.15) is 17.5 Å². The molecule has 0 unspecified atom stereocenters. The minimum absolute atomic E-state index is 0.287. The number of rotatable bonds is 5. The molecule has 0 radical (unpaired) electrons. The van der Waals surface area contributed by atoms with Crippen LogP contribution in [0.1, 0.15) is 18.5 Å². The Kier molecular flexibility index (Phi) is 4.97. The van der Waals surface area contributed by atoms with Crippen LogP contribution < -0.4 is 10.6 Å². The second kappa shape index (κ2) is 7.71. The number of halogens is 1. The Morgan fingerprint density at radius 3 is 2.63 bits per heavy atom. The molecule has 1 aromatic carbocycles. The maximum Gasteiger partial charge on any atom is 0.163 e. The van der Waals surface area contributed by atoms with Crippen molar-refractivity contribution in [2.45, 2.75) is 25.8 Å². The highest BCUT2D eigenvalue weighted by Gasteiger charge is 2.16. The van der Waals surface area contributed by atoms with Gasteiger partial charge in [-0.3, -0.25) is 5.10 Å². The number of H-pyrrole nitrogens is 1. The van der Waals surface area contributed by atoms with Crippen molar-refractivity contribution in [3.05, 3.63) is 47.9 Å². The predicted molar refractivity (Wildman–Crippen MR) is 101 cm³/mol. The molecule has 1 aliphatic heterocycles. The molecule has 1 aliphatic rings. The largest absolute Gasteiger partial charge is 0.381 e. The van der Waals surface area contributed by atoms with Crippen molar-refractivity contribution in [3.63, 3.8) is 0 Å². The quantitative estimate of drug-likeness (QED) is 0.637. The highest BCUT2D eigenvalue weighted by atomic mass is 19.1. The van der Waals surface area contributed by atoms with Gasteiger partial charge in [0, 0.05) is 42.6 Å². The maximum atomic E-state index is 13.7. The van der Waals surface area contributed by atoms with Gasteiger partial charge in [-0.2, -0.15) is 5.10 Å². The minimum Gasteiger partial charge on any atom is -0.381 e. The Hall–Kier alpha value is -3.00. The number of anilines is 3. The van der Waals surface area contributed by atoms with Crippen molar-refractivity contribution in [3.8, 4) is 11.4 Å². The van der Waals surface area contributed by atoms with E-state index in [2.05, 4.69) is 30.8 Å². The summed E-state index contributed by atoms with van der Waals surface area (Å²) in [4.78, 5) is 9.12. The van der Waals surface area contributed by atoms with Gasteiger partial charge in [-0.15, -0.1) is 0 Å². The fraction of sp³-hybridized carbons (Fsp3) is 0.316. The summed E-state index contributed by atoms with van der Waals surface area (Å²) in [5.74, 6) is 2.06. The highest BCUT2D eigenvalue weighted by Crippen LogP contribution is 2.24. The molecule has 27 heavy (non-hydrogen) atoms. The Morgan fingerprint density at radius 2 is 1.89 bits per heavy atom. The van der Waals surface area contributed by atoms with Gasteiger partial charge in [-0.05, 0) is 31.9 Å². The van der Waals surface area contributed by atoms with Crippen molar-refractivity contribution in [2.24, 2.45) is 0 Å². The van der Waals surface area contributed by atoms with Crippen LogP contribution in [0.3, 0.4) is 0 Å². The fourth-order valence-corrected chi connectivity index (χ4v) is 3.01. The van der Waals surface area contributed by atoms with Gasteiger partial charge in [0.05, 0.1) is 0 Å².